The summed E-state index contributed by atoms with van der Waals surface area (Å²) in [6, 6.07) is 10.6. The molecule has 0 aliphatic carbocycles. The molecule has 0 radical (unpaired) electrons. The van der Waals surface area contributed by atoms with Crippen molar-refractivity contribution in [2.45, 2.75) is 10.1 Å². The smallest absolute Gasteiger partial charge is 0.207 e. The van der Waals surface area contributed by atoms with Crippen LogP contribution in [-0.4, -0.2) is 29.3 Å². The van der Waals surface area contributed by atoms with Crippen molar-refractivity contribution in [2.75, 3.05) is 6.26 Å². The average Bonchev–Trinajstić information content (AvgIpc) is 2.90. The molecule has 0 aliphatic rings. The number of hydrogen-bond donors (Lipinski definition) is 1. The van der Waals surface area contributed by atoms with Crippen molar-refractivity contribution in [1.29, 1.82) is 0 Å². The van der Waals surface area contributed by atoms with Crippen LogP contribution in [0.2, 0.25) is 0 Å². The van der Waals surface area contributed by atoms with Crippen LogP contribution >= 0.6 is 11.8 Å². The topological polar surface area (TPSA) is 64.3 Å². The molecule has 0 N–H and O–H groups in total. The van der Waals surface area contributed by atoms with E-state index in [-0.39, 0.29) is 0 Å². The Hall–Kier alpha value is -1.86. The normalized spacial score (nSPS) is 11.3. The van der Waals surface area contributed by atoms with Gasteiger partial charge in [-0.2, -0.15) is 0 Å². The largest absolute Gasteiger partial charge is 0.229 e. The van der Waals surface area contributed by atoms with E-state index in [0.717, 1.165) is 16.8 Å². The molecule has 3 aromatic rings. The van der Waals surface area contributed by atoms with Gasteiger partial charge in [-0.3, -0.25) is 0 Å². The van der Waals surface area contributed by atoms with Crippen molar-refractivity contribution >= 4 is 28.0 Å². The van der Waals surface area contributed by atoms with Crippen LogP contribution in [0.1, 0.15) is 0 Å². The second-order valence-electron chi connectivity index (χ2n) is 4.11. The molecule has 2 aromatic heterocycles. The van der Waals surface area contributed by atoms with Crippen LogP contribution in [0.4, 0.5) is 0 Å². The predicted octanol–water partition coefficient (Wildman–Crippen LogP) is 2.09. The Morgan fingerprint density at radius 3 is 2.80 bits per heavy atom. The van der Waals surface area contributed by atoms with E-state index in [1.54, 1.807) is 28.9 Å². The van der Waals surface area contributed by atoms with E-state index >= 15 is 0 Å². The van der Waals surface area contributed by atoms with Gasteiger partial charge in [-0.05, 0) is 30.5 Å². The first-order chi connectivity index (χ1) is 9.69. The van der Waals surface area contributed by atoms with Gasteiger partial charge in [0.25, 0.3) is 0 Å². The maximum Gasteiger partial charge on any atom is 0.207 e. The molecule has 0 atom stereocenters. The summed E-state index contributed by atoms with van der Waals surface area (Å²) in [6.07, 6.45) is 3.66. The summed E-state index contributed by atoms with van der Waals surface area (Å²) < 4.78 is 23.9. The van der Waals surface area contributed by atoms with Gasteiger partial charge < -0.3 is 0 Å². The van der Waals surface area contributed by atoms with Gasteiger partial charge in [-0.1, -0.05) is 23.9 Å². The Labute approximate surface area is 121 Å². The summed E-state index contributed by atoms with van der Waals surface area (Å²) in [5.41, 5.74) is 2.53. The third kappa shape index (κ3) is 2.30. The first-order valence-corrected chi connectivity index (χ1v) is 8.23. The van der Waals surface area contributed by atoms with Crippen molar-refractivity contribution in [3.8, 4) is 11.3 Å². The lowest BCUT2D eigenvalue weighted by atomic mass is 10.2. The fraction of sp³-hybridized carbons (Fsp3) is 0.0769. The van der Waals surface area contributed by atoms with Crippen LogP contribution in [0.5, 0.6) is 0 Å². The van der Waals surface area contributed by atoms with Crippen LogP contribution in [0.15, 0.2) is 52.6 Å². The van der Waals surface area contributed by atoms with E-state index in [2.05, 4.69) is 10.1 Å². The Morgan fingerprint density at radius 2 is 2.05 bits per heavy atom. The summed E-state index contributed by atoms with van der Waals surface area (Å²) in [7, 11) is -2.59. The van der Waals surface area contributed by atoms with Gasteiger partial charge in [0.2, 0.25) is 5.16 Å². The molecule has 102 valence electrons. The van der Waals surface area contributed by atoms with Crippen molar-refractivity contribution in [1.82, 2.24) is 14.6 Å². The lowest BCUT2D eigenvalue weighted by molar-refractivity contribution is 0.614. The number of fused-ring (bicyclic) bond motifs is 1. The van der Waals surface area contributed by atoms with Crippen molar-refractivity contribution in [3.05, 3.63) is 42.6 Å². The first-order valence-electron chi connectivity index (χ1n) is 5.82. The molecule has 3 rings (SSSR count). The number of benzene rings is 1. The zero-order valence-electron chi connectivity index (χ0n) is 10.6. The van der Waals surface area contributed by atoms with E-state index in [1.165, 1.54) is 11.8 Å². The summed E-state index contributed by atoms with van der Waals surface area (Å²) >= 11 is 1.46. The standard InChI is InChI=1S/C13H11N3O2S2/c1-19-13-14-8-10-5-6-12(16(10)15-13)9-3-2-4-11(7-9)20(17)18/h2-8,20H,1H3. The van der Waals surface area contributed by atoms with E-state index < -0.39 is 10.7 Å². The quantitative estimate of drug-likeness (QED) is 0.593. The molecule has 7 heteroatoms. The number of aromatic nitrogens is 3. The first kappa shape index (κ1) is 13.1. The van der Waals surface area contributed by atoms with E-state index in [0.29, 0.717) is 10.1 Å². The maximum atomic E-state index is 11.1. The molecule has 1 aromatic carbocycles. The van der Waals surface area contributed by atoms with Crippen molar-refractivity contribution < 1.29 is 8.42 Å². The number of hydrogen-bond acceptors (Lipinski definition) is 5. The summed E-state index contributed by atoms with van der Waals surface area (Å²) in [6.45, 7) is 0. The van der Waals surface area contributed by atoms with E-state index in [9.17, 15) is 8.42 Å². The highest BCUT2D eigenvalue weighted by molar-refractivity contribution is 7.98. The molecule has 0 saturated carbocycles. The molecule has 2 heterocycles. The SMILES string of the molecule is CSc1ncc2ccc(-c3cccc([SH](=O)=O)c3)n2n1. The minimum atomic E-state index is -2.59. The monoisotopic (exact) mass is 305 g/mol. The predicted molar refractivity (Wildman–Crippen MR) is 78.8 cm³/mol. The highest BCUT2D eigenvalue weighted by atomic mass is 32.2. The summed E-state index contributed by atoms with van der Waals surface area (Å²) in [4.78, 5) is 4.51. The lowest BCUT2D eigenvalue weighted by Crippen LogP contribution is -1.97. The molecule has 0 bridgehead atoms. The Bertz CT molecular complexity index is 848. The van der Waals surface area contributed by atoms with Gasteiger partial charge in [0.1, 0.15) is 0 Å². The molecule has 0 unspecified atom stereocenters. The molecule has 0 fully saturated rings. The van der Waals surface area contributed by atoms with Gasteiger partial charge in [-0.25, -0.2) is 17.9 Å². The zero-order chi connectivity index (χ0) is 14.1. The van der Waals surface area contributed by atoms with E-state index in [4.69, 9.17) is 0 Å². The maximum absolute atomic E-state index is 11.1. The van der Waals surface area contributed by atoms with E-state index in [1.807, 2.05) is 24.5 Å². The number of nitrogens with zero attached hydrogens (tertiary/aromatic N) is 3. The molecular weight excluding hydrogens is 294 g/mol. The van der Waals surface area contributed by atoms with Crippen LogP contribution in [0.25, 0.3) is 16.8 Å². The molecule has 20 heavy (non-hydrogen) atoms. The molecule has 0 amide bonds. The lowest BCUT2D eigenvalue weighted by Gasteiger charge is -2.04. The van der Waals surface area contributed by atoms with Crippen LogP contribution in [0.3, 0.4) is 0 Å². The highest BCUT2D eigenvalue weighted by Crippen LogP contribution is 2.23. The van der Waals surface area contributed by atoms with Gasteiger partial charge >= 0.3 is 0 Å². The van der Waals surface area contributed by atoms with Crippen LogP contribution in [-0.2, 0) is 10.7 Å². The minimum Gasteiger partial charge on any atom is -0.229 e. The van der Waals surface area contributed by atoms with Gasteiger partial charge in [0.05, 0.1) is 22.3 Å². The number of thiol groups is 1. The molecule has 5 nitrogen and oxygen atoms in total. The molecular formula is C13H11N3O2S2. The fourth-order valence-corrected chi connectivity index (χ4v) is 2.75. The van der Waals surface area contributed by atoms with Crippen LogP contribution < -0.4 is 0 Å². The van der Waals surface area contributed by atoms with Gasteiger partial charge in [0, 0.05) is 5.56 Å². The van der Waals surface area contributed by atoms with Gasteiger partial charge in [-0.15, -0.1) is 5.10 Å². The Balaban J connectivity index is 2.21. The summed E-state index contributed by atoms with van der Waals surface area (Å²) in [5, 5.41) is 5.09. The average molecular weight is 305 g/mol. The minimum absolute atomic E-state index is 0.298. The van der Waals surface area contributed by atoms with Crippen molar-refractivity contribution in [3.63, 3.8) is 0 Å². The third-order valence-electron chi connectivity index (χ3n) is 2.91. The highest BCUT2D eigenvalue weighted by Gasteiger charge is 2.08. The number of rotatable bonds is 3. The summed E-state index contributed by atoms with van der Waals surface area (Å²) in [5.74, 6) is 0. The zero-order valence-corrected chi connectivity index (χ0v) is 12.3. The second kappa shape index (κ2) is 5.26. The molecule has 0 spiro atoms. The Morgan fingerprint density at radius 1 is 1.20 bits per heavy atom. The van der Waals surface area contributed by atoms with Crippen LogP contribution in [0, 0.1) is 0 Å². The Kier molecular flexibility index (Phi) is 3.45. The molecule has 0 saturated heterocycles. The van der Waals surface area contributed by atoms with Gasteiger partial charge in [0.15, 0.2) is 10.7 Å². The fourth-order valence-electron chi connectivity index (χ4n) is 1.98. The second-order valence-corrected chi connectivity index (χ2v) is 5.91. The van der Waals surface area contributed by atoms with Crippen molar-refractivity contribution in [2.24, 2.45) is 0 Å². The molecule has 0 aliphatic heterocycles. The third-order valence-corrected chi connectivity index (χ3v) is 4.16. The number of thioether (sulfide) groups is 1.